The number of rotatable bonds is 5. The number of ether oxygens (including phenoxy) is 3. The summed E-state index contributed by atoms with van der Waals surface area (Å²) in [6.45, 7) is 0. The average Bonchev–Trinajstić information content (AvgIpc) is 3.25. The third-order valence-electron chi connectivity index (χ3n) is 5.80. The molecule has 2 aromatic rings. The number of carbonyl (C=O) groups is 3. The highest BCUT2D eigenvalue weighted by atomic mass is 35.5. The Balaban J connectivity index is 1.82. The van der Waals surface area contributed by atoms with E-state index in [1.807, 2.05) is 30.3 Å². The molecule has 30 heavy (non-hydrogen) atoms. The number of esters is 3. The van der Waals surface area contributed by atoms with Crippen LogP contribution in [0.2, 0.25) is 5.02 Å². The molecule has 2 aliphatic heterocycles. The van der Waals surface area contributed by atoms with Crippen molar-refractivity contribution in [3.8, 4) is 5.75 Å². The van der Waals surface area contributed by atoms with Gasteiger partial charge in [0.2, 0.25) is 0 Å². The lowest BCUT2D eigenvalue weighted by Gasteiger charge is -2.31. The van der Waals surface area contributed by atoms with Crippen LogP contribution >= 0.6 is 11.6 Å². The number of nitrogens with one attached hydrogen (secondary N) is 1. The molecule has 2 fully saturated rings. The van der Waals surface area contributed by atoms with Crippen LogP contribution in [0.15, 0.2) is 48.5 Å². The zero-order chi connectivity index (χ0) is 21.5. The van der Waals surface area contributed by atoms with Gasteiger partial charge in [-0.2, -0.15) is 0 Å². The fraction of sp³-hybridized carbons (Fsp3) is 0.318. The van der Waals surface area contributed by atoms with Crippen molar-refractivity contribution in [3.05, 3.63) is 64.7 Å². The lowest BCUT2D eigenvalue weighted by molar-refractivity contribution is -0.160. The molecule has 0 amide bonds. The van der Waals surface area contributed by atoms with Crippen molar-refractivity contribution >= 4 is 29.5 Å². The summed E-state index contributed by atoms with van der Waals surface area (Å²) >= 11 is 6.28. The van der Waals surface area contributed by atoms with Crippen LogP contribution in [-0.4, -0.2) is 37.7 Å². The summed E-state index contributed by atoms with van der Waals surface area (Å²) in [5, 5.41) is 3.60. The maximum atomic E-state index is 13.0. The number of cyclic esters (lactones) is 2. The molecule has 7 nitrogen and oxygen atoms in total. The first-order valence-corrected chi connectivity index (χ1v) is 9.78. The monoisotopic (exact) mass is 429 g/mol. The smallest absolute Gasteiger partial charge is 0.327 e. The van der Waals surface area contributed by atoms with E-state index < -0.39 is 41.3 Å². The van der Waals surface area contributed by atoms with Gasteiger partial charge < -0.3 is 14.2 Å². The zero-order valence-electron chi connectivity index (χ0n) is 16.4. The van der Waals surface area contributed by atoms with Gasteiger partial charge in [-0.05, 0) is 23.3 Å². The van der Waals surface area contributed by atoms with Gasteiger partial charge in [-0.1, -0.05) is 48.0 Å². The van der Waals surface area contributed by atoms with Crippen LogP contribution in [0.3, 0.4) is 0 Å². The minimum absolute atomic E-state index is 0.157. The van der Waals surface area contributed by atoms with Gasteiger partial charge in [0.1, 0.15) is 17.2 Å². The molecule has 8 heteroatoms. The number of halogens is 1. The van der Waals surface area contributed by atoms with Gasteiger partial charge in [-0.3, -0.25) is 19.7 Å². The van der Waals surface area contributed by atoms with Gasteiger partial charge >= 0.3 is 17.9 Å². The molecule has 0 radical (unpaired) electrons. The Bertz CT molecular complexity index is 1010. The molecular formula is C22H20ClNO6. The van der Waals surface area contributed by atoms with Crippen LogP contribution in [0.5, 0.6) is 5.75 Å². The highest BCUT2D eigenvalue weighted by molar-refractivity contribution is 6.32. The zero-order valence-corrected chi connectivity index (χ0v) is 17.1. The van der Waals surface area contributed by atoms with E-state index in [2.05, 4.69) is 5.32 Å². The summed E-state index contributed by atoms with van der Waals surface area (Å²) in [7, 11) is 2.76. The molecule has 0 unspecified atom stereocenters. The SMILES string of the molecule is COC(=O)[C@@]1(Cc2ccccc2)N[C@@H](c2ccc(OC)c(Cl)c2)[C@@H]2C(=O)OC(=O)[C@@H]21. The summed E-state index contributed by atoms with van der Waals surface area (Å²) in [6.07, 6.45) is 0.157. The first-order chi connectivity index (χ1) is 14.4. The van der Waals surface area contributed by atoms with E-state index in [1.165, 1.54) is 14.2 Å². The van der Waals surface area contributed by atoms with Crippen molar-refractivity contribution in [3.63, 3.8) is 0 Å². The second-order valence-corrected chi connectivity index (χ2v) is 7.79. The quantitative estimate of drug-likeness (QED) is 0.576. The number of carbonyl (C=O) groups excluding carboxylic acids is 3. The van der Waals surface area contributed by atoms with Gasteiger partial charge in [0.15, 0.2) is 0 Å². The molecule has 4 rings (SSSR count). The third kappa shape index (κ3) is 3.14. The highest BCUT2D eigenvalue weighted by Gasteiger charge is 2.68. The van der Waals surface area contributed by atoms with Crippen LogP contribution in [0.4, 0.5) is 0 Å². The molecule has 4 atom stereocenters. The second kappa shape index (κ2) is 7.74. The van der Waals surface area contributed by atoms with E-state index in [4.69, 9.17) is 25.8 Å². The predicted molar refractivity (Wildman–Crippen MR) is 107 cm³/mol. The van der Waals surface area contributed by atoms with Gasteiger partial charge in [0, 0.05) is 12.5 Å². The Labute approximate surface area is 178 Å². The normalized spacial score (nSPS) is 27.5. The molecule has 0 spiro atoms. The van der Waals surface area contributed by atoms with Crippen LogP contribution < -0.4 is 10.1 Å². The topological polar surface area (TPSA) is 90.9 Å². The van der Waals surface area contributed by atoms with Crippen molar-refractivity contribution in [1.82, 2.24) is 5.32 Å². The van der Waals surface area contributed by atoms with Crippen molar-refractivity contribution in [1.29, 1.82) is 0 Å². The van der Waals surface area contributed by atoms with E-state index in [0.717, 1.165) is 5.56 Å². The molecule has 0 bridgehead atoms. The minimum atomic E-state index is -1.46. The molecule has 2 heterocycles. The Morgan fingerprint density at radius 2 is 1.87 bits per heavy atom. The largest absolute Gasteiger partial charge is 0.495 e. The Morgan fingerprint density at radius 1 is 1.13 bits per heavy atom. The van der Waals surface area contributed by atoms with Crippen LogP contribution in [0, 0.1) is 11.8 Å². The Hall–Kier alpha value is -2.90. The first kappa shape index (κ1) is 20.4. The fourth-order valence-corrected chi connectivity index (χ4v) is 4.76. The molecule has 0 aromatic heterocycles. The van der Waals surface area contributed by atoms with Crippen LogP contribution in [0.1, 0.15) is 17.2 Å². The van der Waals surface area contributed by atoms with Crippen molar-refractivity contribution in [2.24, 2.45) is 11.8 Å². The lowest BCUT2D eigenvalue weighted by atomic mass is 9.76. The van der Waals surface area contributed by atoms with Crippen molar-refractivity contribution in [2.45, 2.75) is 18.0 Å². The van der Waals surface area contributed by atoms with Gasteiger partial charge in [0.05, 0.1) is 25.2 Å². The Morgan fingerprint density at radius 3 is 2.50 bits per heavy atom. The number of benzene rings is 2. The van der Waals surface area contributed by atoms with E-state index in [9.17, 15) is 14.4 Å². The van der Waals surface area contributed by atoms with E-state index in [1.54, 1.807) is 18.2 Å². The number of methoxy groups -OCH3 is 2. The van der Waals surface area contributed by atoms with Crippen LogP contribution in [0.25, 0.3) is 0 Å². The molecule has 2 aromatic carbocycles. The first-order valence-electron chi connectivity index (χ1n) is 9.40. The number of hydrogen-bond acceptors (Lipinski definition) is 7. The summed E-state index contributed by atoms with van der Waals surface area (Å²) in [5.74, 6) is -3.47. The molecule has 2 aliphatic rings. The minimum Gasteiger partial charge on any atom is -0.495 e. The molecule has 2 saturated heterocycles. The maximum absolute atomic E-state index is 13.0. The standard InChI is InChI=1S/C22H20ClNO6/c1-28-15-9-8-13(10-14(15)23)18-16-17(20(26)30-19(16)25)22(24-18,21(27)29-2)11-12-6-4-3-5-7-12/h3-10,16-18,24H,11H2,1-2H3/t16-,17-,18+,22+/m1/s1. The van der Waals surface area contributed by atoms with E-state index >= 15 is 0 Å². The van der Waals surface area contributed by atoms with Crippen LogP contribution in [-0.2, 0) is 30.3 Å². The maximum Gasteiger partial charge on any atom is 0.327 e. The van der Waals surface area contributed by atoms with E-state index in [0.29, 0.717) is 16.3 Å². The third-order valence-corrected chi connectivity index (χ3v) is 6.10. The average molecular weight is 430 g/mol. The van der Waals surface area contributed by atoms with Gasteiger partial charge in [-0.25, -0.2) is 0 Å². The summed E-state index contributed by atoms with van der Waals surface area (Å²) in [5.41, 5.74) is -0.00263. The van der Waals surface area contributed by atoms with Gasteiger partial charge in [0.25, 0.3) is 0 Å². The Kier molecular flexibility index (Phi) is 5.26. The predicted octanol–water partition coefficient (Wildman–Crippen LogP) is 2.46. The van der Waals surface area contributed by atoms with E-state index in [-0.39, 0.29) is 6.42 Å². The number of hydrogen-bond donors (Lipinski definition) is 1. The molecule has 156 valence electrons. The molecule has 0 aliphatic carbocycles. The summed E-state index contributed by atoms with van der Waals surface area (Å²) in [6, 6.07) is 13.6. The lowest BCUT2D eigenvalue weighted by Crippen LogP contribution is -2.56. The van der Waals surface area contributed by atoms with Gasteiger partial charge in [-0.15, -0.1) is 0 Å². The second-order valence-electron chi connectivity index (χ2n) is 7.38. The fourth-order valence-electron chi connectivity index (χ4n) is 4.49. The highest BCUT2D eigenvalue weighted by Crippen LogP contribution is 2.50. The molecular weight excluding hydrogens is 410 g/mol. The molecule has 0 saturated carbocycles. The molecule has 1 N–H and O–H groups in total. The summed E-state index contributed by atoms with van der Waals surface area (Å²) < 4.78 is 15.2. The van der Waals surface area contributed by atoms with Crippen molar-refractivity contribution in [2.75, 3.05) is 14.2 Å². The number of fused-ring (bicyclic) bond motifs is 1. The summed E-state index contributed by atoms with van der Waals surface area (Å²) in [4.78, 5) is 38.3. The van der Waals surface area contributed by atoms with Crippen molar-refractivity contribution < 1.29 is 28.6 Å².